The van der Waals surface area contributed by atoms with Crippen molar-refractivity contribution in [2.75, 3.05) is 25.6 Å². The SMILES string of the molecule is CCCCOc1ccc(NC(=O)C(C)(C)OC)cc1C(=O)OCC. The van der Waals surface area contributed by atoms with Gasteiger partial charge in [0.25, 0.3) is 5.91 Å². The average Bonchev–Trinajstić information content (AvgIpc) is 2.56. The number of hydrogen-bond acceptors (Lipinski definition) is 5. The molecule has 0 aliphatic rings. The van der Waals surface area contributed by atoms with Crippen molar-refractivity contribution in [2.45, 2.75) is 46.1 Å². The lowest BCUT2D eigenvalue weighted by molar-refractivity contribution is -0.133. The zero-order valence-corrected chi connectivity index (χ0v) is 15.1. The Morgan fingerprint density at radius 3 is 2.50 bits per heavy atom. The van der Waals surface area contributed by atoms with E-state index in [0.29, 0.717) is 23.6 Å². The standard InChI is InChI=1S/C18H27NO5/c1-6-8-11-24-15-10-9-13(12-14(15)16(20)23-7-2)19-17(21)18(3,4)22-5/h9-10,12H,6-8,11H2,1-5H3,(H,19,21). The molecule has 1 aromatic rings. The summed E-state index contributed by atoms with van der Waals surface area (Å²) in [4.78, 5) is 24.3. The number of esters is 1. The van der Waals surface area contributed by atoms with Crippen LogP contribution >= 0.6 is 0 Å². The molecular formula is C18H27NO5. The molecule has 6 nitrogen and oxygen atoms in total. The first-order chi connectivity index (χ1) is 11.4. The number of anilines is 1. The van der Waals surface area contributed by atoms with E-state index in [1.807, 2.05) is 0 Å². The van der Waals surface area contributed by atoms with Gasteiger partial charge in [0.05, 0.1) is 13.2 Å². The van der Waals surface area contributed by atoms with Crippen LogP contribution in [0.2, 0.25) is 0 Å². The van der Waals surface area contributed by atoms with Crippen molar-refractivity contribution in [1.29, 1.82) is 0 Å². The Bertz CT molecular complexity index is 569. The Morgan fingerprint density at radius 1 is 1.21 bits per heavy atom. The second-order valence-corrected chi connectivity index (χ2v) is 5.80. The largest absolute Gasteiger partial charge is 0.493 e. The van der Waals surface area contributed by atoms with E-state index in [4.69, 9.17) is 14.2 Å². The smallest absolute Gasteiger partial charge is 0.341 e. The van der Waals surface area contributed by atoms with Gasteiger partial charge in [-0.1, -0.05) is 13.3 Å². The maximum Gasteiger partial charge on any atom is 0.341 e. The van der Waals surface area contributed by atoms with Gasteiger partial charge in [-0.15, -0.1) is 0 Å². The third-order valence-electron chi connectivity index (χ3n) is 3.55. The zero-order chi connectivity index (χ0) is 18.2. The van der Waals surface area contributed by atoms with Crippen molar-refractivity contribution < 1.29 is 23.8 Å². The van der Waals surface area contributed by atoms with E-state index in [1.54, 1.807) is 39.0 Å². The van der Waals surface area contributed by atoms with E-state index in [0.717, 1.165) is 12.8 Å². The molecule has 0 unspecified atom stereocenters. The van der Waals surface area contributed by atoms with E-state index in [1.165, 1.54) is 7.11 Å². The molecule has 0 spiro atoms. The summed E-state index contributed by atoms with van der Waals surface area (Å²) in [6, 6.07) is 4.91. The van der Waals surface area contributed by atoms with Crippen LogP contribution in [0.25, 0.3) is 0 Å². The van der Waals surface area contributed by atoms with Crippen LogP contribution < -0.4 is 10.1 Å². The maximum atomic E-state index is 12.2. The van der Waals surface area contributed by atoms with Gasteiger partial charge < -0.3 is 19.5 Å². The fraction of sp³-hybridized carbons (Fsp3) is 0.556. The van der Waals surface area contributed by atoms with E-state index >= 15 is 0 Å². The van der Waals surface area contributed by atoms with E-state index in [2.05, 4.69) is 12.2 Å². The minimum atomic E-state index is -0.972. The van der Waals surface area contributed by atoms with Gasteiger partial charge in [0.2, 0.25) is 0 Å². The molecule has 24 heavy (non-hydrogen) atoms. The summed E-state index contributed by atoms with van der Waals surface area (Å²) in [6.07, 6.45) is 1.89. The molecule has 1 aromatic carbocycles. The van der Waals surface area contributed by atoms with Gasteiger partial charge in [0.1, 0.15) is 16.9 Å². The van der Waals surface area contributed by atoms with Crippen LogP contribution in [0.1, 0.15) is 50.9 Å². The summed E-state index contributed by atoms with van der Waals surface area (Å²) in [5.41, 5.74) is -0.197. The molecule has 1 rings (SSSR count). The van der Waals surface area contributed by atoms with Crippen molar-refractivity contribution in [1.82, 2.24) is 0 Å². The van der Waals surface area contributed by atoms with Crippen molar-refractivity contribution >= 4 is 17.6 Å². The van der Waals surface area contributed by atoms with Gasteiger partial charge in [-0.2, -0.15) is 0 Å². The van der Waals surface area contributed by atoms with Crippen LogP contribution in [0.4, 0.5) is 5.69 Å². The number of carbonyl (C=O) groups excluding carboxylic acids is 2. The molecule has 1 N–H and O–H groups in total. The molecule has 6 heteroatoms. The zero-order valence-electron chi connectivity index (χ0n) is 15.1. The number of rotatable bonds is 9. The highest BCUT2D eigenvalue weighted by molar-refractivity contribution is 5.99. The number of amides is 1. The number of carbonyl (C=O) groups is 2. The summed E-state index contributed by atoms with van der Waals surface area (Å²) in [5, 5.41) is 2.74. The highest BCUT2D eigenvalue weighted by Gasteiger charge is 2.27. The second-order valence-electron chi connectivity index (χ2n) is 5.80. The minimum absolute atomic E-state index is 0.264. The number of benzene rings is 1. The van der Waals surface area contributed by atoms with Crippen molar-refractivity contribution in [3.05, 3.63) is 23.8 Å². The minimum Gasteiger partial charge on any atom is -0.493 e. The summed E-state index contributed by atoms with van der Waals surface area (Å²) < 4.78 is 15.9. The van der Waals surface area contributed by atoms with Gasteiger partial charge in [-0.05, 0) is 45.4 Å². The number of unbranched alkanes of at least 4 members (excludes halogenated alkanes) is 1. The summed E-state index contributed by atoms with van der Waals surface area (Å²) in [5.74, 6) is -0.337. The van der Waals surface area contributed by atoms with E-state index in [9.17, 15) is 9.59 Å². The molecule has 0 aromatic heterocycles. The predicted octanol–water partition coefficient (Wildman–Crippen LogP) is 3.41. The van der Waals surface area contributed by atoms with Gasteiger partial charge in [-0.3, -0.25) is 4.79 Å². The normalized spacial score (nSPS) is 11.0. The van der Waals surface area contributed by atoms with Gasteiger partial charge in [0.15, 0.2) is 0 Å². The Labute approximate surface area is 143 Å². The highest BCUT2D eigenvalue weighted by atomic mass is 16.5. The summed E-state index contributed by atoms with van der Waals surface area (Å²) >= 11 is 0. The molecular weight excluding hydrogens is 310 g/mol. The van der Waals surface area contributed by atoms with Crippen LogP contribution in [0.3, 0.4) is 0 Å². The van der Waals surface area contributed by atoms with Crippen LogP contribution in [0.5, 0.6) is 5.75 Å². The lowest BCUT2D eigenvalue weighted by atomic mass is 10.1. The summed E-state index contributed by atoms with van der Waals surface area (Å²) in [7, 11) is 1.47. The molecule has 0 aliphatic heterocycles. The third kappa shape index (κ3) is 5.53. The van der Waals surface area contributed by atoms with Crippen molar-refractivity contribution in [2.24, 2.45) is 0 Å². The quantitative estimate of drug-likeness (QED) is 0.552. The Balaban J connectivity index is 3.02. The predicted molar refractivity (Wildman–Crippen MR) is 92.5 cm³/mol. The molecule has 0 aliphatic carbocycles. The molecule has 0 bridgehead atoms. The van der Waals surface area contributed by atoms with Crippen molar-refractivity contribution in [3.63, 3.8) is 0 Å². The van der Waals surface area contributed by atoms with Crippen LogP contribution in [-0.2, 0) is 14.3 Å². The van der Waals surface area contributed by atoms with Crippen molar-refractivity contribution in [3.8, 4) is 5.75 Å². The number of methoxy groups -OCH3 is 1. The van der Waals surface area contributed by atoms with Gasteiger partial charge >= 0.3 is 5.97 Å². The van der Waals surface area contributed by atoms with Crippen LogP contribution in [0, 0.1) is 0 Å². The lowest BCUT2D eigenvalue weighted by Crippen LogP contribution is -2.38. The average molecular weight is 337 g/mol. The Hall–Kier alpha value is -2.08. The Kier molecular flexibility index (Phi) is 7.71. The molecule has 134 valence electrons. The molecule has 0 fully saturated rings. The first-order valence-electron chi connectivity index (χ1n) is 8.16. The van der Waals surface area contributed by atoms with Crippen LogP contribution in [-0.4, -0.2) is 37.8 Å². The van der Waals surface area contributed by atoms with Crippen LogP contribution in [0.15, 0.2) is 18.2 Å². The first kappa shape index (κ1) is 20.0. The lowest BCUT2D eigenvalue weighted by Gasteiger charge is -2.22. The maximum absolute atomic E-state index is 12.2. The first-order valence-corrected chi connectivity index (χ1v) is 8.16. The van der Waals surface area contributed by atoms with E-state index in [-0.39, 0.29) is 12.5 Å². The highest BCUT2D eigenvalue weighted by Crippen LogP contribution is 2.25. The molecule has 0 heterocycles. The molecule has 0 saturated carbocycles. The van der Waals surface area contributed by atoms with Gasteiger partial charge in [-0.25, -0.2) is 4.79 Å². The molecule has 1 amide bonds. The summed E-state index contributed by atoms with van der Waals surface area (Å²) in [6.45, 7) is 7.91. The second kappa shape index (κ2) is 9.27. The molecule has 0 saturated heterocycles. The van der Waals surface area contributed by atoms with E-state index < -0.39 is 11.6 Å². The monoisotopic (exact) mass is 337 g/mol. The molecule has 0 radical (unpaired) electrons. The number of nitrogens with one attached hydrogen (secondary N) is 1. The Morgan fingerprint density at radius 2 is 1.92 bits per heavy atom. The number of hydrogen-bond donors (Lipinski definition) is 1. The van der Waals surface area contributed by atoms with Gasteiger partial charge in [0, 0.05) is 12.8 Å². The fourth-order valence-corrected chi connectivity index (χ4v) is 1.80. The number of ether oxygens (including phenoxy) is 3. The topological polar surface area (TPSA) is 73.9 Å². The molecule has 0 atom stereocenters. The third-order valence-corrected chi connectivity index (χ3v) is 3.55. The fourth-order valence-electron chi connectivity index (χ4n) is 1.80.